The number of hydrogen-bond donors (Lipinski definition) is 1. The number of imidazole rings is 1. The van der Waals surface area contributed by atoms with E-state index in [0.717, 1.165) is 11.1 Å². The molecule has 0 saturated carbocycles. The second kappa shape index (κ2) is 7.23. The van der Waals surface area contributed by atoms with Gasteiger partial charge in [-0.15, -0.1) is 0 Å². The van der Waals surface area contributed by atoms with Gasteiger partial charge >= 0.3 is 11.9 Å². The number of carbonyl (C=O) groups excluding carboxylic acids is 2. The number of H-pyrrole nitrogens is 1. The van der Waals surface area contributed by atoms with E-state index in [1.165, 1.54) is 12.4 Å². The molecule has 0 fully saturated rings. The molecule has 0 amide bonds. The Kier molecular flexibility index (Phi) is 4.67. The lowest BCUT2D eigenvalue weighted by Gasteiger charge is -2.05. The van der Waals surface area contributed by atoms with Gasteiger partial charge in [-0.1, -0.05) is 36.4 Å². The van der Waals surface area contributed by atoms with Crippen LogP contribution in [0.4, 0.5) is 0 Å². The van der Waals surface area contributed by atoms with Crippen molar-refractivity contribution in [1.29, 1.82) is 0 Å². The van der Waals surface area contributed by atoms with Crippen molar-refractivity contribution in [2.24, 2.45) is 0 Å². The summed E-state index contributed by atoms with van der Waals surface area (Å²) in [5.74, 6) is -1.20. The topological polar surface area (TPSA) is 81.3 Å². The van der Waals surface area contributed by atoms with Gasteiger partial charge in [-0.3, -0.25) is 0 Å². The van der Waals surface area contributed by atoms with Crippen LogP contribution in [0.3, 0.4) is 0 Å². The molecule has 0 unspecified atom stereocenters. The fraction of sp³-hybridized carbons (Fsp3) is 0.0556. The van der Waals surface area contributed by atoms with E-state index < -0.39 is 18.7 Å². The lowest BCUT2D eigenvalue weighted by atomic mass is 10.2. The van der Waals surface area contributed by atoms with Crippen LogP contribution in [0.5, 0.6) is 0 Å². The van der Waals surface area contributed by atoms with Gasteiger partial charge in [-0.25, -0.2) is 14.6 Å². The van der Waals surface area contributed by atoms with Crippen LogP contribution in [0, 0.1) is 0 Å². The van der Waals surface area contributed by atoms with Crippen LogP contribution in [-0.4, -0.2) is 28.7 Å². The summed E-state index contributed by atoms with van der Waals surface area (Å²) in [6, 6.07) is 14.4. The summed E-state index contributed by atoms with van der Waals surface area (Å²) in [5, 5.41) is 0. The van der Waals surface area contributed by atoms with Gasteiger partial charge in [0, 0.05) is 6.08 Å². The normalized spacial score (nSPS) is 10.8. The third-order valence-corrected chi connectivity index (χ3v) is 3.27. The highest BCUT2D eigenvalue weighted by molar-refractivity contribution is 6.01. The van der Waals surface area contributed by atoms with Crippen LogP contribution in [-0.2, 0) is 14.3 Å². The molecule has 0 aliphatic rings. The molecule has 24 heavy (non-hydrogen) atoms. The Hall–Kier alpha value is -3.41. The summed E-state index contributed by atoms with van der Waals surface area (Å²) in [7, 11) is 0. The quantitative estimate of drug-likeness (QED) is 0.444. The molecule has 1 N–H and O–H groups in total. The minimum Gasteiger partial charge on any atom is -0.425 e. The Labute approximate surface area is 137 Å². The first-order valence-electron chi connectivity index (χ1n) is 7.23. The molecule has 0 radical (unpaired) electrons. The smallest absolute Gasteiger partial charge is 0.343 e. The van der Waals surface area contributed by atoms with Crippen molar-refractivity contribution >= 4 is 29.0 Å². The third kappa shape index (κ3) is 3.67. The van der Waals surface area contributed by atoms with Crippen molar-refractivity contribution in [2.75, 3.05) is 6.79 Å². The second-order valence-electron chi connectivity index (χ2n) is 4.86. The Morgan fingerprint density at radius 1 is 1.04 bits per heavy atom. The molecule has 2 aromatic carbocycles. The van der Waals surface area contributed by atoms with Crippen LogP contribution < -0.4 is 0 Å². The van der Waals surface area contributed by atoms with Gasteiger partial charge in [-0.05, 0) is 23.8 Å². The Morgan fingerprint density at radius 2 is 1.88 bits per heavy atom. The molecule has 0 aliphatic carbocycles. The Bertz CT molecular complexity index is 884. The van der Waals surface area contributed by atoms with E-state index in [9.17, 15) is 9.59 Å². The summed E-state index contributed by atoms with van der Waals surface area (Å²) in [6.07, 6.45) is 4.39. The summed E-state index contributed by atoms with van der Waals surface area (Å²) in [4.78, 5) is 30.6. The number of aromatic nitrogens is 2. The van der Waals surface area contributed by atoms with Crippen molar-refractivity contribution in [3.05, 3.63) is 72.1 Å². The summed E-state index contributed by atoms with van der Waals surface area (Å²) in [6.45, 7) is -0.461. The molecular formula is C18H14N2O4. The van der Waals surface area contributed by atoms with E-state index in [0.29, 0.717) is 11.1 Å². The van der Waals surface area contributed by atoms with Gasteiger partial charge in [0.15, 0.2) is 0 Å². The maximum Gasteiger partial charge on any atom is 0.343 e. The van der Waals surface area contributed by atoms with Crippen molar-refractivity contribution in [3.63, 3.8) is 0 Å². The highest BCUT2D eigenvalue weighted by atomic mass is 16.7. The number of esters is 2. The van der Waals surface area contributed by atoms with E-state index in [-0.39, 0.29) is 0 Å². The standard InChI is InChI=1S/C18H14N2O4/c21-16(10-9-13-5-2-1-3-6-13)23-12-24-18(22)14-7-4-8-15-17(14)20-11-19-15/h1-11H,12H2,(H,19,20)/b10-9+. The average Bonchev–Trinajstić information content (AvgIpc) is 3.09. The molecule has 0 atom stereocenters. The van der Waals surface area contributed by atoms with Crippen molar-refractivity contribution in [2.45, 2.75) is 0 Å². The van der Waals surface area contributed by atoms with Crippen LogP contribution in [0.2, 0.25) is 0 Å². The maximum atomic E-state index is 12.0. The number of nitrogens with zero attached hydrogens (tertiary/aromatic N) is 1. The first-order valence-corrected chi connectivity index (χ1v) is 7.23. The number of benzene rings is 2. The highest BCUT2D eigenvalue weighted by Gasteiger charge is 2.13. The number of nitrogens with one attached hydrogen (secondary N) is 1. The number of aromatic amines is 1. The average molecular weight is 322 g/mol. The van der Waals surface area contributed by atoms with E-state index in [4.69, 9.17) is 9.47 Å². The summed E-state index contributed by atoms with van der Waals surface area (Å²) >= 11 is 0. The third-order valence-electron chi connectivity index (χ3n) is 3.27. The fourth-order valence-corrected chi connectivity index (χ4v) is 2.13. The van der Waals surface area contributed by atoms with E-state index in [2.05, 4.69) is 9.97 Å². The Morgan fingerprint density at radius 3 is 2.71 bits per heavy atom. The summed E-state index contributed by atoms with van der Waals surface area (Å²) in [5.41, 5.74) is 2.42. The molecule has 0 spiro atoms. The molecule has 3 aromatic rings. The molecule has 0 bridgehead atoms. The molecule has 0 aliphatic heterocycles. The fourth-order valence-electron chi connectivity index (χ4n) is 2.13. The van der Waals surface area contributed by atoms with Gasteiger partial charge in [0.25, 0.3) is 0 Å². The Balaban J connectivity index is 1.53. The first kappa shape index (κ1) is 15.5. The number of ether oxygens (including phenoxy) is 2. The maximum absolute atomic E-state index is 12.0. The number of para-hydroxylation sites is 1. The molecule has 3 rings (SSSR count). The minimum absolute atomic E-state index is 0.310. The number of fused-ring (bicyclic) bond motifs is 1. The highest BCUT2D eigenvalue weighted by Crippen LogP contribution is 2.15. The lowest BCUT2D eigenvalue weighted by Crippen LogP contribution is -2.12. The van der Waals surface area contributed by atoms with E-state index >= 15 is 0 Å². The molecule has 1 heterocycles. The zero-order chi connectivity index (χ0) is 16.8. The predicted octanol–water partition coefficient (Wildman–Crippen LogP) is 2.93. The second-order valence-corrected chi connectivity index (χ2v) is 4.86. The monoisotopic (exact) mass is 322 g/mol. The first-order chi connectivity index (χ1) is 11.7. The van der Waals surface area contributed by atoms with Crippen LogP contribution in [0.1, 0.15) is 15.9 Å². The zero-order valence-electron chi connectivity index (χ0n) is 12.6. The minimum atomic E-state index is -0.604. The number of carbonyl (C=O) groups is 2. The van der Waals surface area contributed by atoms with Gasteiger partial charge in [0.1, 0.15) is 5.52 Å². The van der Waals surface area contributed by atoms with Gasteiger partial charge < -0.3 is 14.5 Å². The number of rotatable bonds is 5. The molecule has 1 aromatic heterocycles. The predicted molar refractivity (Wildman–Crippen MR) is 87.9 cm³/mol. The van der Waals surface area contributed by atoms with Crippen molar-refractivity contribution in [1.82, 2.24) is 9.97 Å². The van der Waals surface area contributed by atoms with E-state index in [1.807, 2.05) is 30.3 Å². The molecule has 120 valence electrons. The van der Waals surface area contributed by atoms with Gasteiger partial charge in [0.05, 0.1) is 17.4 Å². The molecule has 6 heteroatoms. The zero-order valence-corrected chi connectivity index (χ0v) is 12.6. The van der Waals surface area contributed by atoms with Crippen molar-refractivity contribution < 1.29 is 19.1 Å². The number of hydrogen-bond acceptors (Lipinski definition) is 5. The molecule has 6 nitrogen and oxygen atoms in total. The van der Waals surface area contributed by atoms with Crippen LogP contribution >= 0.6 is 0 Å². The van der Waals surface area contributed by atoms with Crippen molar-refractivity contribution in [3.8, 4) is 0 Å². The van der Waals surface area contributed by atoms with E-state index in [1.54, 1.807) is 24.3 Å². The SMILES string of the molecule is O=C(/C=C/c1ccccc1)OCOC(=O)c1cccc2[nH]cnc12. The van der Waals surface area contributed by atoms with Crippen LogP contribution in [0.25, 0.3) is 17.1 Å². The van der Waals surface area contributed by atoms with Crippen LogP contribution in [0.15, 0.2) is 60.9 Å². The van der Waals surface area contributed by atoms with Gasteiger partial charge in [-0.2, -0.15) is 0 Å². The lowest BCUT2D eigenvalue weighted by molar-refractivity contribution is -0.145. The van der Waals surface area contributed by atoms with Gasteiger partial charge in [0.2, 0.25) is 6.79 Å². The summed E-state index contributed by atoms with van der Waals surface area (Å²) < 4.78 is 9.81. The molecular weight excluding hydrogens is 308 g/mol. The molecule has 0 saturated heterocycles. The largest absolute Gasteiger partial charge is 0.425 e.